The quantitative estimate of drug-likeness (QED) is 0.121. The fourth-order valence-corrected chi connectivity index (χ4v) is 3.71. The van der Waals surface area contributed by atoms with Crippen molar-refractivity contribution >= 4 is 14.4 Å². The van der Waals surface area contributed by atoms with Gasteiger partial charge in [0, 0.05) is 11.6 Å². The number of alkyl halides is 6. The van der Waals surface area contributed by atoms with E-state index >= 15 is 0 Å². The first kappa shape index (κ1) is 31.2. The van der Waals surface area contributed by atoms with Crippen molar-refractivity contribution in [1.82, 2.24) is 24.9 Å². The van der Waals surface area contributed by atoms with Crippen LogP contribution in [0, 0.1) is 11.6 Å². The SMILES string of the molecule is OP(O)OCOC(CNc1nc(-c2cc(-c3ccon3)n(Cc3ccccc3F)n2)ncc1F)(C(F)(F)F)C(F)(F)F. The maximum atomic E-state index is 14.5. The lowest BCUT2D eigenvalue weighted by atomic mass is 10.0. The zero-order valence-electron chi connectivity index (χ0n) is 20.6. The number of nitrogens with zero attached hydrogens (tertiary/aromatic N) is 5. The number of hydrogen-bond donors (Lipinski definition) is 3. The van der Waals surface area contributed by atoms with Gasteiger partial charge in [0.15, 0.2) is 24.3 Å². The van der Waals surface area contributed by atoms with Crippen LogP contribution in [0.25, 0.3) is 22.9 Å². The van der Waals surface area contributed by atoms with Gasteiger partial charge in [0.2, 0.25) is 0 Å². The average Bonchev–Trinajstić information content (AvgIpc) is 3.57. The van der Waals surface area contributed by atoms with E-state index in [0.717, 1.165) is 0 Å². The van der Waals surface area contributed by atoms with E-state index in [9.17, 15) is 35.1 Å². The van der Waals surface area contributed by atoms with E-state index in [1.54, 1.807) is 11.4 Å². The third-order valence-electron chi connectivity index (χ3n) is 5.63. The minimum absolute atomic E-state index is 0.130. The van der Waals surface area contributed by atoms with Gasteiger partial charge in [-0.25, -0.2) is 18.7 Å². The van der Waals surface area contributed by atoms with Crippen molar-refractivity contribution in [2.45, 2.75) is 24.5 Å². The van der Waals surface area contributed by atoms with E-state index in [-0.39, 0.29) is 29.2 Å². The molecule has 3 aromatic heterocycles. The van der Waals surface area contributed by atoms with Gasteiger partial charge in [0.05, 0.1) is 25.0 Å². The van der Waals surface area contributed by atoms with Gasteiger partial charge in [0.1, 0.15) is 23.5 Å². The molecule has 0 saturated carbocycles. The summed E-state index contributed by atoms with van der Waals surface area (Å²) in [6, 6.07) is 8.47. The molecule has 3 N–H and O–H groups in total. The number of ether oxygens (including phenoxy) is 1. The predicted molar refractivity (Wildman–Crippen MR) is 126 cm³/mol. The molecule has 0 saturated heterocycles. The summed E-state index contributed by atoms with van der Waals surface area (Å²) in [6.45, 7) is -4.12. The van der Waals surface area contributed by atoms with E-state index in [0.29, 0.717) is 6.20 Å². The van der Waals surface area contributed by atoms with Crippen molar-refractivity contribution in [3.63, 3.8) is 0 Å². The van der Waals surface area contributed by atoms with Gasteiger partial charge < -0.3 is 24.4 Å². The predicted octanol–water partition coefficient (Wildman–Crippen LogP) is 4.80. The molecular formula is C22H17F8N6O5P. The van der Waals surface area contributed by atoms with Crippen LogP contribution in [0.3, 0.4) is 0 Å². The number of rotatable bonds is 11. The molecule has 0 unspecified atom stereocenters. The van der Waals surface area contributed by atoms with Crippen LogP contribution in [0.5, 0.6) is 0 Å². The minimum atomic E-state index is -6.14. The van der Waals surface area contributed by atoms with Gasteiger partial charge in [-0.1, -0.05) is 23.4 Å². The van der Waals surface area contributed by atoms with Gasteiger partial charge in [-0.3, -0.25) is 9.21 Å². The maximum Gasteiger partial charge on any atom is 0.428 e. The number of nitrogens with one attached hydrogen (secondary N) is 1. The largest absolute Gasteiger partial charge is 0.428 e. The van der Waals surface area contributed by atoms with Crippen LogP contribution in [-0.4, -0.2) is 66.0 Å². The molecule has 20 heteroatoms. The summed E-state index contributed by atoms with van der Waals surface area (Å²) in [7, 11) is -3.35. The van der Waals surface area contributed by atoms with Gasteiger partial charge >= 0.3 is 21.0 Å². The van der Waals surface area contributed by atoms with Gasteiger partial charge in [-0.2, -0.15) is 31.4 Å². The van der Waals surface area contributed by atoms with Crippen molar-refractivity contribution in [2.75, 3.05) is 18.7 Å². The lowest BCUT2D eigenvalue weighted by Crippen LogP contribution is -2.63. The Morgan fingerprint density at radius 3 is 2.31 bits per heavy atom. The van der Waals surface area contributed by atoms with Crippen molar-refractivity contribution in [1.29, 1.82) is 0 Å². The number of aromatic nitrogens is 5. The Balaban J connectivity index is 1.68. The molecular weight excluding hydrogens is 611 g/mol. The molecule has 0 spiro atoms. The minimum Gasteiger partial charge on any atom is -0.364 e. The highest BCUT2D eigenvalue weighted by molar-refractivity contribution is 7.39. The normalized spacial score (nSPS) is 12.7. The third-order valence-corrected chi connectivity index (χ3v) is 5.96. The van der Waals surface area contributed by atoms with Gasteiger partial charge in [-0.05, 0) is 12.1 Å². The topological polar surface area (TPSA) is 141 Å². The first-order valence-electron chi connectivity index (χ1n) is 11.3. The molecule has 0 radical (unpaired) electrons. The summed E-state index contributed by atoms with van der Waals surface area (Å²) in [5.41, 5.74) is -4.45. The van der Waals surface area contributed by atoms with Crippen molar-refractivity contribution in [3.05, 3.63) is 66.1 Å². The molecule has 226 valence electrons. The van der Waals surface area contributed by atoms with Crippen LogP contribution in [0.2, 0.25) is 0 Å². The maximum absolute atomic E-state index is 14.5. The highest BCUT2D eigenvalue weighted by atomic mass is 31.2. The molecule has 0 bridgehead atoms. The van der Waals surface area contributed by atoms with Crippen LogP contribution < -0.4 is 5.32 Å². The Labute approximate surface area is 230 Å². The number of anilines is 1. The van der Waals surface area contributed by atoms with Crippen molar-refractivity contribution in [3.8, 4) is 22.9 Å². The molecule has 4 aromatic rings. The summed E-state index contributed by atoms with van der Waals surface area (Å²) >= 11 is 0. The molecule has 0 aliphatic carbocycles. The highest BCUT2D eigenvalue weighted by Crippen LogP contribution is 2.46. The molecule has 0 aliphatic rings. The molecule has 1 aromatic carbocycles. The van der Waals surface area contributed by atoms with Crippen LogP contribution in [-0.2, 0) is 15.8 Å². The summed E-state index contributed by atoms with van der Waals surface area (Å²) in [5, 5.41) is 9.65. The Morgan fingerprint density at radius 2 is 1.69 bits per heavy atom. The van der Waals surface area contributed by atoms with Gasteiger partial charge in [0.25, 0.3) is 5.60 Å². The summed E-state index contributed by atoms with van der Waals surface area (Å²) in [4.78, 5) is 24.7. The fourth-order valence-electron chi connectivity index (χ4n) is 3.56. The van der Waals surface area contributed by atoms with Gasteiger partial charge in [-0.15, -0.1) is 0 Å². The van der Waals surface area contributed by atoms with Crippen molar-refractivity contribution in [2.24, 2.45) is 0 Å². The highest BCUT2D eigenvalue weighted by Gasteiger charge is 2.72. The van der Waals surface area contributed by atoms with Crippen LogP contribution >= 0.6 is 8.60 Å². The zero-order chi connectivity index (χ0) is 30.7. The Hall–Kier alpha value is -3.77. The van der Waals surface area contributed by atoms with E-state index in [4.69, 9.17) is 14.3 Å². The first-order valence-corrected chi connectivity index (χ1v) is 12.5. The number of hydrogen-bond acceptors (Lipinski definition) is 10. The lowest BCUT2D eigenvalue weighted by molar-refractivity contribution is -0.383. The second kappa shape index (κ2) is 12.2. The van der Waals surface area contributed by atoms with Crippen LogP contribution in [0.15, 0.2) is 53.4 Å². The van der Waals surface area contributed by atoms with E-state index in [1.807, 2.05) is 0 Å². The molecule has 0 fully saturated rings. The Morgan fingerprint density at radius 1 is 0.976 bits per heavy atom. The molecule has 0 amide bonds. The fraction of sp³-hybridized carbons (Fsp3) is 0.273. The standard InChI is InChI=1S/C22H17F8N6O5P/c23-13-4-2-1-3-12(13)9-36-17(15-5-6-40-35-15)7-16(34-36)19-31-8-14(24)18(33-19)32-10-20(21(25,26)27,22(28,29)30)39-11-41-42(37)38/h1-8,37-38H,9-11H2,(H,31,32,33). The third kappa shape index (κ3) is 6.65. The van der Waals surface area contributed by atoms with Crippen LogP contribution in [0.1, 0.15) is 5.56 Å². The first-order chi connectivity index (χ1) is 19.7. The smallest absolute Gasteiger partial charge is 0.364 e. The lowest BCUT2D eigenvalue weighted by Gasteiger charge is -2.36. The number of benzene rings is 1. The van der Waals surface area contributed by atoms with Crippen molar-refractivity contribution < 1.29 is 58.7 Å². The monoisotopic (exact) mass is 628 g/mol. The molecule has 11 nitrogen and oxygen atoms in total. The van der Waals surface area contributed by atoms with E-state index in [1.165, 1.54) is 41.3 Å². The molecule has 4 rings (SSSR count). The zero-order valence-corrected chi connectivity index (χ0v) is 21.5. The van der Waals surface area contributed by atoms with Crippen LogP contribution in [0.4, 0.5) is 40.9 Å². The van der Waals surface area contributed by atoms with E-state index < -0.39 is 63.2 Å². The molecule has 3 heterocycles. The second-order valence-corrected chi connectivity index (χ2v) is 9.02. The molecule has 42 heavy (non-hydrogen) atoms. The second-order valence-electron chi connectivity index (χ2n) is 8.26. The molecule has 0 atom stereocenters. The Bertz CT molecular complexity index is 1490. The average molecular weight is 628 g/mol. The number of halogens is 8. The van der Waals surface area contributed by atoms with E-state index in [2.05, 4.69) is 29.5 Å². The summed E-state index contributed by atoms with van der Waals surface area (Å²) < 4.78 is 125. The summed E-state index contributed by atoms with van der Waals surface area (Å²) in [5.74, 6) is -3.51. The Kier molecular flexibility index (Phi) is 9.07. The summed E-state index contributed by atoms with van der Waals surface area (Å²) in [6.07, 6.45) is -10.6. The molecule has 0 aliphatic heterocycles.